The van der Waals surface area contributed by atoms with Crippen LogP contribution in [-0.4, -0.2) is 30.8 Å². The van der Waals surface area contributed by atoms with Gasteiger partial charge in [-0.1, -0.05) is 19.3 Å². The maximum atomic E-state index is 11.7. The summed E-state index contributed by atoms with van der Waals surface area (Å²) in [5.74, 6) is 0. The van der Waals surface area contributed by atoms with Gasteiger partial charge in [0.1, 0.15) is 0 Å². The van der Waals surface area contributed by atoms with E-state index in [0.29, 0.717) is 6.04 Å². The summed E-state index contributed by atoms with van der Waals surface area (Å²) in [5, 5.41) is 6.06. The Labute approximate surface area is 97.1 Å². The van der Waals surface area contributed by atoms with Gasteiger partial charge < -0.3 is 15.4 Å². The zero-order valence-electron chi connectivity index (χ0n) is 10.00. The summed E-state index contributed by atoms with van der Waals surface area (Å²) in [5.41, 5.74) is 0. The highest BCUT2D eigenvalue weighted by atomic mass is 16.5. The van der Waals surface area contributed by atoms with E-state index < -0.39 is 0 Å². The van der Waals surface area contributed by atoms with Crippen molar-refractivity contribution >= 4 is 6.03 Å². The first-order chi connectivity index (χ1) is 7.75. The molecule has 2 amide bonds. The molecule has 0 bridgehead atoms. The van der Waals surface area contributed by atoms with Crippen LogP contribution in [0.25, 0.3) is 0 Å². The van der Waals surface area contributed by atoms with E-state index in [2.05, 4.69) is 10.6 Å². The lowest BCUT2D eigenvalue weighted by Gasteiger charge is -2.24. The summed E-state index contributed by atoms with van der Waals surface area (Å²) < 4.78 is 5.41. The molecule has 1 saturated heterocycles. The summed E-state index contributed by atoms with van der Waals surface area (Å²) in [7, 11) is 0. The van der Waals surface area contributed by atoms with Gasteiger partial charge in [0, 0.05) is 12.6 Å². The first-order valence-corrected chi connectivity index (χ1v) is 6.44. The third-order valence-corrected chi connectivity index (χ3v) is 3.63. The van der Waals surface area contributed by atoms with Gasteiger partial charge >= 0.3 is 6.03 Å². The molecule has 1 aliphatic carbocycles. The molecule has 2 N–H and O–H groups in total. The molecule has 1 aliphatic heterocycles. The molecule has 92 valence electrons. The summed E-state index contributed by atoms with van der Waals surface area (Å²) in [6.07, 6.45) is 7.14. The minimum absolute atomic E-state index is 0.0192. The summed E-state index contributed by atoms with van der Waals surface area (Å²) in [6.45, 7) is 2.77. The number of ether oxygens (including phenoxy) is 1. The standard InChI is InChI=1S/C12H22N2O2/c1-9-11(7-8-16-9)14-12(15)13-10-5-3-2-4-6-10/h9-11H,2-8H2,1H3,(H2,13,14,15). The number of urea groups is 1. The number of nitrogens with one attached hydrogen (secondary N) is 2. The molecule has 2 rings (SSSR count). The molecule has 0 radical (unpaired) electrons. The Morgan fingerprint density at radius 3 is 2.50 bits per heavy atom. The second-order valence-electron chi connectivity index (χ2n) is 4.92. The third-order valence-electron chi connectivity index (χ3n) is 3.63. The van der Waals surface area contributed by atoms with Crippen molar-refractivity contribution in [2.45, 2.75) is 63.6 Å². The van der Waals surface area contributed by atoms with Gasteiger partial charge in [0.25, 0.3) is 0 Å². The van der Waals surface area contributed by atoms with Crippen molar-refractivity contribution in [3.63, 3.8) is 0 Å². The number of amides is 2. The molecule has 0 aromatic carbocycles. The van der Waals surface area contributed by atoms with Crippen LogP contribution in [0.4, 0.5) is 4.79 Å². The van der Waals surface area contributed by atoms with Gasteiger partial charge in [0.15, 0.2) is 0 Å². The fraction of sp³-hybridized carbons (Fsp3) is 0.917. The molecule has 2 fully saturated rings. The van der Waals surface area contributed by atoms with Crippen LogP contribution in [-0.2, 0) is 4.74 Å². The highest BCUT2D eigenvalue weighted by molar-refractivity contribution is 5.74. The molecule has 2 aliphatic rings. The second-order valence-corrected chi connectivity index (χ2v) is 4.92. The largest absolute Gasteiger partial charge is 0.376 e. The van der Waals surface area contributed by atoms with E-state index >= 15 is 0 Å². The number of carbonyl (C=O) groups excluding carboxylic acids is 1. The number of hydrogen-bond donors (Lipinski definition) is 2. The zero-order valence-corrected chi connectivity index (χ0v) is 10.00. The zero-order chi connectivity index (χ0) is 11.4. The molecule has 1 heterocycles. The first-order valence-electron chi connectivity index (χ1n) is 6.44. The Bertz CT molecular complexity index is 239. The van der Waals surface area contributed by atoms with Crippen LogP contribution in [0.3, 0.4) is 0 Å². The van der Waals surface area contributed by atoms with E-state index in [1.54, 1.807) is 0 Å². The summed E-state index contributed by atoms with van der Waals surface area (Å²) >= 11 is 0. The summed E-state index contributed by atoms with van der Waals surface area (Å²) in [6, 6.07) is 0.546. The maximum absolute atomic E-state index is 11.7. The van der Waals surface area contributed by atoms with Crippen molar-refractivity contribution in [2.75, 3.05) is 6.61 Å². The van der Waals surface area contributed by atoms with Gasteiger partial charge in [0.2, 0.25) is 0 Å². The van der Waals surface area contributed by atoms with Crippen LogP contribution in [0, 0.1) is 0 Å². The Kier molecular flexibility index (Phi) is 4.04. The van der Waals surface area contributed by atoms with Gasteiger partial charge in [0.05, 0.1) is 12.1 Å². The minimum Gasteiger partial charge on any atom is -0.376 e. The third kappa shape index (κ3) is 3.11. The lowest BCUT2D eigenvalue weighted by molar-refractivity contribution is 0.114. The molecule has 0 spiro atoms. The van der Waals surface area contributed by atoms with Crippen molar-refractivity contribution in [1.82, 2.24) is 10.6 Å². The topological polar surface area (TPSA) is 50.4 Å². The molecule has 4 heteroatoms. The lowest BCUT2D eigenvalue weighted by atomic mass is 9.96. The molecule has 4 nitrogen and oxygen atoms in total. The number of carbonyl (C=O) groups is 1. The van der Waals surface area contributed by atoms with Crippen molar-refractivity contribution in [1.29, 1.82) is 0 Å². The molecule has 2 atom stereocenters. The van der Waals surface area contributed by atoms with Crippen molar-refractivity contribution in [2.24, 2.45) is 0 Å². The van der Waals surface area contributed by atoms with Gasteiger partial charge in [-0.25, -0.2) is 4.79 Å². The monoisotopic (exact) mass is 226 g/mol. The molecule has 2 unspecified atom stereocenters. The van der Waals surface area contributed by atoms with Crippen LogP contribution in [0.5, 0.6) is 0 Å². The first kappa shape index (κ1) is 11.7. The van der Waals surface area contributed by atoms with Crippen molar-refractivity contribution < 1.29 is 9.53 Å². The summed E-state index contributed by atoms with van der Waals surface area (Å²) in [4.78, 5) is 11.7. The predicted molar refractivity (Wildman–Crippen MR) is 62.4 cm³/mol. The van der Waals surface area contributed by atoms with E-state index in [4.69, 9.17) is 4.74 Å². The van der Waals surface area contributed by atoms with Gasteiger partial charge in [-0.15, -0.1) is 0 Å². The predicted octanol–water partition coefficient (Wildman–Crippen LogP) is 1.80. The van der Waals surface area contributed by atoms with E-state index in [1.165, 1.54) is 19.3 Å². The number of rotatable bonds is 2. The van der Waals surface area contributed by atoms with E-state index in [9.17, 15) is 4.79 Å². The maximum Gasteiger partial charge on any atom is 0.315 e. The molecular weight excluding hydrogens is 204 g/mol. The Balaban J connectivity index is 1.70. The Morgan fingerprint density at radius 1 is 1.12 bits per heavy atom. The van der Waals surface area contributed by atoms with Gasteiger partial charge in [-0.2, -0.15) is 0 Å². The van der Waals surface area contributed by atoms with Crippen LogP contribution < -0.4 is 10.6 Å². The highest BCUT2D eigenvalue weighted by Crippen LogP contribution is 2.17. The van der Waals surface area contributed by atoms with E-state index in [-0.39, 0.29) is 18.2 Å². The molecule has 16 heavy (non-hydrogen) atoms. The van der Waals surface area contributed by atoms with Crippen LogP contribution >= 0.6 is 0 Å². The average molecular weight is 226 g/mol. The smallest absolute Gasteiger partial charge is 0.315 e. The Hall–Kier alpha value is -0.770. The molecule has 0 aromatic heterocycles. The van der Waals surface area contributed by atoms with Gasteiger partial charge in [-0.3, -0.25) is 0 Å². The lowest BCUT2D eigenvalue weighted by Crippen LogP contribution is -2.48. The fourth-order valence-corrected chi connectivity index (χ4v) is 2.56. The second kappa shape index (κ2) is 5.53. The molecular formula is C12H22N2O2. The van der Waals surface area contributed by atoms with E-state index in [1.807, 2.05) is 6.92 Å². The SMILES string of the molecule is CC1OCCC1NC(=O)NC1CCCCC1. The fourth-order valence-electron chi connectivity index (χ4n) is 2.56. The number of hydrogen-bond acceptors (Lipinski definition) is 2. The van der Waals surface area contributed by atoms with Gasteiger partial charge in [-0.05, 0) is 26.2 Å². The quantitative estimate of drug-likeness (QED) is 0.754. The molecule has 1 saturated carbocycles. The van der Waals surface area contributed by atoms with Crippen LogP contribution in [0.2, 0.25) is 0 Å². The average Bonchev–Trinajstić information content (AvgIpc) is 2.66. The van der Waals surface area contributed by atoms with E-state index in [0.717, 1.165) is 25.9 Å². The highest BCUT2D eigenvalue weighted by Gasteiger charge is 2.26. The Morgan fingerprint density at radius 2 is 1.88 bits per heavy atom. The normalized spacial score (nSPS) is 31.3. The molecule has 0 aromatic rings. The van der Waals surface area contributed by atoms with Crippen LogP contribution in [0.1, 0.15) is 45.4 Å². The minimum atomic E-state index is -0.0192. The van der Waals surface area contributed by atoms with Crippen molar-refractivity contribution in [3.8, 4) is 0 Å². The van der Waals surface area contributed by atoms with Crippen LogP contribution in [0.15, 0.2) is 0 Å². The van der Waals surface area contributed by atoms with Crippen molar-refractivity contribution in [3.05, 3.63) is 0 Å².